The second-order valence-electron chi connectivity index (χ2n) is 6.12. The minimum atomic E-state index is -1.24. The number of amides is 1. The summed E-state index contributed by atoms with van der Waals surface area (Å²) in [5.74, 6) is -2.22. The number of rotatable bonds is 4. The number of phenolic OH excluding ortho intramolecular Hbond substituents is 2. The Morgan fingerprint density at radius 1 is 0.966 bits per heavy atom. The summed E-state index contributed by atoms with van der Waals surface area (Å²) in [6.07, 6.45) is -1.24. The van der Waals surface area contributed by atoms with Crippen molar-refractivity contribution in [3.05, 3.63) is 63.1 Å². The lowest BCUT2D eigenvalue weighted by Gasteiger charge is -2.16. The zero-order chi connectivity index (χ0) is 21.3. The molecule has 1 atom stereocenters. The van der Waals surface area contributed by atoms with Gasteiger partial charge in [-0.25, -0.2) is 4.79 Å². The highest BCUT2D eigenvalue weighted by molar-refractivity contribution is 6.44. The Balaban J connectivity index is 1.79. The number of aromatic hydroxyl groups is 2. The molecule has 3 rings (SSSR count). The van der Waals surface area contributed by atoms with Crippen LogP contribution in [0.4, 0.5) is 5.69 Å². The molecular formula is C20H14Cl3NO5. The van der Waals surface area contributed by atoms with Crippen LogP contribution in [-0.2, 0) is 9.53 Å². The van der Waals surface area contributed by atoms with Gasteiger partial charge >= 0.3 is 5.97 Å². The van der Waals surface area contributed by atoms with Gasteiger partial charge in [0.2, 0.25) is 0 Å². The average Bonchev–Trinajstić information content (AvgIpc) is 2.68. The van der Waals surface area contributed by atoms with Gasteiger partial charge in [-0.2, -0.15) is 0 Å². The number of esters is 1. The van der Waals surface area contributed by atoms with Gasteiger partial charge in [-0.3, -0.25) is 4.79 Å². The molecule has 0 heterocycles. The van der Waals surface area contributed by atoms with Crippen molar-refractivity contribution in [2.45, 2.75) is 13.0 Å². The van der Waals surface area contributed by atoms with Crippen molar-refractivity contribution in [1.82, 2.24) is 0 Å². The zero-order valence-electron chi connectivity index (χ0n) is 14.9. The van der Waals surface area contributed by atoms with Crippen LogP contribution in [0.15, 0.2) is 42.5 Å². The molecule has 0 aliphatic carbocycles. The highest BCUT2D eigenvalue weighted by atomic mass is 35.5. The van der Waals surface area contributed by atoms with Crippen molar-refractivity contribution in [2.75, 3.05) is 5.32 Å². The first kappa shape index (κ1) is 21.0. The molecule has 3 aromatic rings. The second-order valence-corrected chi connectivity index (χ2v) is 7.34. The molecule has 0 spiro atoms. The standard InChI is InChI=1S/C20H14Cl3NO5/c1-9(19(27)24-16-8-14(22)13(21)7-15(16)23)29-20(28)12-6-17(25)10-4-2-3-5-11(10)18(12)26/h2-9,25-26H,1H3,(H,24,27). The number of hydrogen-bond donors (Lipinski definition) is 3. The van der Waals surface area contributed by atoms with Crippen molar-refractivity contribution in [2.24, 2.45) is 0 Å². The summed E-state index contributed by atoms with van der Waals surface area (Å²) in [5.41, 5.74) is -0.0754. The lowest BCUT2D eigenvalue weighted by atomic mass is 10.0. The fourth-order valence-corrected chi connectivity index (χ4v) is 3.22. The summed E-state index contributed by atoms with van der Waals surface area (Å²) >= 11 is 17.8. The van der Waals surface area contributed by atoms with E-state index in [0.717, 1.165) is 6.07 Å². The van der Waals surface area contributed by atoms with Gasteiger partial charge < -0.3 is 20.3 Å². The number of carbonyl (C=O) groups is 2. The van der Waals surface area contributed by atoms with Gasteiger partial charge in [-0.15, -0.1) is 0 Å². The van der Waals surface area contributed by atoms with Crippen LogP contribution in [0.1, 0.15) is 17.3 Å². The predicted molar refractivity (Wildman–Crippen MR) is 112 cm³/mol. The Morgan fingerprint density at radius 3 is 2.28 bits per heavy atom. The van der Waals surface area contributed by atoms with Gasteiger partial charge in [0.25, 0.3) is 5.91 Å². The molecule has 1 amide bonds. The summed E-state index contributed by atoms with van der Waals surface area (Å²) in [4.78, 5) is 24.8. The Kier molecular flexibility index (Phi) is 6.07. The van der Waals surface area contributed by atoms with Crippen molar-refractivity contribution < 1.29 is 24.5 Å². The first-order chi connectivity index (χ1) is 13.7. The number of benzene rings is 3. The highest BCUT2D eigenvalue weighted by Gasteiger charge is 2.24. The third-order valence-electron chi connectivity index (χ3n) is 4.14. The van der Waals surface area contributed by atoms with Crippen LogP contribution in [0.25, 0.3) is 10.8 Å². The van der Waals surface area contributed by atoms with Crippen LogP contribution in [0, 0.1) is 0 Å². The smallest absolute Gasteiger partial charge is 0.342 e. The van der Waals surface area contributed by atoms with E-state index in [1.165, 1.54) is 19.1 Å². The fraction of sp³-hybridized carbons (Fsp3) is 0.100. The Labute approximate surface area is 180 Å². The maximum absolute atomic E-state index is 12.5. The molecule has 6 nitrogen and oxygen atoms in total. The van der Waals surface area contributed by atoms with E-state index in [4.69, 9.17) is 39.5 Å². The van der Waals surface area contributed by atoms with Crippen LogP contribution in [0.5, 0.6) is 11.5 Å². The third-order valence-corrected chi connectivity index (χ3v) is 5.17. The zero-order valence-corrected chi connectivity index (χ0v) is 17.1. The van der Waals surface area contributed by atoms with E-state index in [9.17, 15) is 19.8 Å². The molecule has 29 heavy (non-hydrogen) atoms. The van der Waals surface area contributed by atoms with Gasteiger partial charge in [0.05, 0.1) is 20.8 Å². The average molecular weight is 455 g/mol. The minimum absolute atomic E-state index is 0.156. The summed E-state index contributed by atoms with van der Waals surface area (Å²) in [6.45, 7) is 1.34. The molecule has 0 aromatic heterocycles. The molecule has 0 radical (unpaired) electrons. The van der Waals surface area contributed by atoms with Crippen LogP contribution in [0.2, 0.25) is 15.1 Å². The van der Waals surface area contributed by atoms with E-state index >= 15 is 0 Å². The number of fused-ring (bicyclic) bond motifs is 1. The minimum Gasteiger partial charge on any atom is -0.507 e. The number of carbonyl (C=O) groups excluding carboxylic acids is 2. The van der Waals surface area contributed by atoms with Gasteiger partial charge in [0.15, 0.2) is 6.10 Å². The summed E-state index contributed by atoms with van der Waals surface area (Å²) in [7, 11) is 0. The maximum Gasteiger partial charge on any atom is 0.342 e. The molecule has 0 bridgehead atoms. The molecule has 3 aromatic carbocycles. The normalized spacial score (nSPS) is 11.9. The van der Waals surface area contributed by atoms with E-state index in [2.05, 4.69) is 5.32 Å². The number of phenols is 2. The van der Waals surface area contributed by atoms with Crippen molar-refractivity contribution in [1.29, 1.82) is 0 Å². The molecule has 9 heteroatoms. The van der Waals surface area contributed by atoms with E-state index in [-0.39, 0.29) is 43.2 Å². The molecule has 0 aliphatic rings. The lowest BCUT2D eigenvalue weighted by molar-refractivity contribution is -0.123. The van der Waals surface area contributed by atoms with E-state index in [0.29, 0.717) is 5.39 Å². The van der Waals surface area contributed by atoms with Crippen molar-refractivity contribution in [3.8, 4) is 11.5 Å². The van der Waals surface area contributed by atoms with E-state index < -0.39 is 18.0 Å². The van der Waals surface area contributed by atoms with Crippen molar-refractivity contribution >= 4 is 63.1 Å². The molecule has 3 N–H and O–H groups in total. The highest BCUT2D eigenvalue weighted by Crippen LogP contribution is 2.36. The van der Waals surface area contributed by atoms with Crippen LogP contribution in [0.3, 0.4) is 0 Å². The SMILES string of the molecule is CC(OC(=O)c1cc(O)c2ccccc2c1O)C(=O)Nc1cc(Cl)c(Cl)cc1Cl. The molecule has 0 fully saturated rings. The number of anilines is 1. The maximum atomic E-state index is 12.5. The molecule has 0 saturated heterocycles. The van der Waals surface area contributed by atoms with Crippen molar-refractivity contribution in [3.63, 3.8) is 0 Å². The van der Waals surface area contributed by atoms with Gasteiger partial charge in [-0.1, -0.05) is 59.1 Å². The monoisotopic (exact) mass is 453 g/mol. The Morgan fingerprint density at radius 2 is 1.59 bits per heavy atom. The van der Waals surface area contributed by atoms with Gasteiger partial charge in [0, 0.05) is 10.8 Å². The molecule has 0 saturated carbocycles. The first-order valence-corrected chi connectivity index (χ1v) is 9.42. The topological polar surface area (TPSA) is 95.9 Å². The van der Waals surface area contributed by atoms with Gasteiger partial charge in [0.1, 0.15) is 17.1 Å². The number of nitrogens with one attached hydrogen (secondary N) is 1. The first-order valence-electron chi connectivity index (χ1n) is 8.29. The van der Waals surface area contributed by atoms with Crippen LogP contribution in [-0.4, -0.2) is 28.2 Å². The second kappa shape index (κ2) is 8.37. The summed E-state index contributed by atoms with van der Waals surface area (Å²) in [5, 5.41) is 24.2. The molecule has 1 unspecified atom stereocenters. The summed E-state index contributed by atoms with van der Waals surface area (Å²) in [6, 6.07) is 10.3. The largest absolute Gasteiger partial charge is 0.507 e. The number of ether oxygens (including phenoxy) is 1. The molecular weight excluding hydrogens is 441 g/mol. The van der Waals surface area contributed by atoms with Gasteiger partial charge in [-0.05, 0) is 25.1 Å². The predicted octanol–water partition coefficient (Wildman–Crippen LogP) is 5.40. The van der Waals surface area contributed by atoms with E-state index in [1.54, 1.807) is 24.3 Å². The van der Waals surface area contributed by atoms with E-state index in [1.807, 2.05) is 0 Å². The Hall–Kier alpha value is -2.67. The number of halogens is 3. The van der Waals surface area contributed by atoms with Crippen LogP contribution < -0.4 is 5.32 Å². The third kappa shape index (κ3) is 4.34. The Bertz CT molecular complexity index is 1130. The lowest BCUT2D eigenvalue weighted by Crippen LogP contribution is -2.30. The fourth-order valence-electron chi connectivity index (χ4n) is 2.63. The number of hydrogen-bond acceptors (Lipinski definition) is 5. The molecule has 0 aliphatic heterocycles. The van der Waals surface area contributed by atoms with Crippen LogP contribution >= 0.6 is 34.8 Å². The molecule has 150 valence electrons. The quantitative estimate of drug-likeness (QED) is 0.279. The summed E-state index contributed by atoms with van der Waals surface area (Å²) < 4.78 is 5.12.